The van der Waals surface area contributed by atoms with E-state index in [-0.39, 0.29) is 12.1 Å². The Morgan fingerprint density at radius 2 is 2.00 bits per heavy atom. The van der Waals surface area contributed by atoms with Crippen molar-refractivity contribution in [2.24, 2.45) is 5.92 Å². The third-order valence-electron chi connectivity index (χ3n) is 7.76. The Hall–Kier alpha value is -2.73. The number of nitrogens with one attached hydrogen (secondary N) is 1. The van der Waals surface area contributed by atoms with E-state index in [9.17, 15) is 4.79 Å². The quantitative estimate of drug-likeness (QED) is 0.801. The highest BCUT2D eigenvalue weighted by Gasteiger charge is 2.45. The van der Waals surface area contributed by atoms with Crippen LogP contribution >= 0.6 is 0 Å². The fourth-order valence-electron chi connectivity index (χ4n) is 6.22. The summed E-state index contributed by atoms with van der Waals surface area (Å²) in [5.41, 5.74) is 3.94. The highest BCUT2D eigenvalue weighted by Crippen LogP contribution is 2.49. The molecule has 0 aromatic heterocycles. The number of hydrogen-bond donors (Lipinski definition) is 1. The summed E-state index contributed by atoms with van der Waals surface area (Å²) >= 11 is 0. The molecule has 168 valence electrons. The molecular formula is C26H31N3O3. The van der Waals surface area contributed by atoms with Crippen LogP contribution in [0.5, 0.6) is 11.5 Å². The summed E-state index contributed by atoms with van der Waals surface area (Å²) in [7, 11) is 0. The lowest BCUT2D eigenvalue weighted by atomic mass is 9.76. The first-order valence-electron chi connectivity index (χ1n) is 12.0. The van der Waals surface area contributed by atoms with E-state index in [1.807, 2.05) is 18.2 Å². The van der Waals surface area contributed by atoms with Gasteiger partial charge < -0.3 is 19.7 Å². The number of rotatable bonds is 3. The van der Waals surface area contributed by atoms with Gasteiger partial charge in [-0.3, -0.25) is 4.90 Å². The number of hydrogen-bond acceptors (Lipinski definition) is 4. The van der Waals surface area contributed by atoms with Gasteiger partial charge in [0.25, 0.3) is 0 Å². The van der Waals surface area contributed by atoms with Crippen LogP contribution in [-0.4, -0.2) is 54.8 Å². The summed E-state index contributed by atoms with van der Waals surface area (Å²) in [5, 5.41) is 3.20. The van der Waals surface area contributed by atoms with E-state index in [2.05, 4.69) is 39.4 Å². The highest BCUT2D eigenvalue weighted by molar-refractivity contribution is 5.74. The molecule has 6 rings (SSSR count). The van der Waals surface area contributed by atoms with Gasteiger partial charge in [-0.25, -0.2) is 4.79 Å². The van der Waals surface area contributed by atoms with Crippen molar-refractivity contribution in [3.8, 4) is 11.5 Å². The van der Waals surface area contributed by atoms with Gasteiger partial charge in [0.15, 0.2) is 11.5 Å². The summed E-state index contributed by atoms with van der Waals surface area (Å²) in [6.45, 7) is 3.98. The second-order valence-electron chi connectivity index (χ2n) is 9.50. The number of carbonyl (C=O) groups excluding carboxylic acids is 1. The second-order valence-corrected chi connectivity index (χ2v) is 9.50. The smallest absolute Gasteiger partial charge is 0.317 e. The normalized spacial score (nSPS) is 26.1. The van der Waals surface area contributed by atoms with Crippen molar-refractivity contribution in [2.45, 2.75) is 44.2 Å². The third kappa shape index (κ3) is 3.51. The lowest BCUT2D eigenvalue weighted by Gasteiger charge is -2.52. The molecule has 0 spiro atoms. The Morgan fingerprint density at radius 3 is 2.91 bits per heavy atom. The molecule has 6 nitrogen and oxygen atoms in total. The van der Waals surface area contributed by atoms with Gasteiger partial charge in [0.05, 0.1) is 0 Å². The maximum Gasteiger partial charge on any atom is 0.317 e. The van der Waals surface area contributed by atoms with E-state index in [0.29, 0.717) is 25.3 Å². The molecule has 4 aliphatic rings. The lowest BCUT2D eigenvalue weighted by molar-refractivity contribution is 0.00493. The standard InChI is InChI=1S/C26H31N3O3/c30-26(27-12-10-18-5-2-1-3-6-18)29-13-4-7-20-16-28-14-11-19-8-9-23-25(32-17-31-23)24(19)22(28)15-21(20)29/h1-3,5-6,8-9,20-22H,4,7,10-17H2,(H,27,30)/t20-,21+,22+/m1/s1. The maximum atomic E-state index is 13.2. The Balaban J connectivity index is 1.19. The zero-order valence-corrected chi connectivity index (χ0v) is 18.5. The number of likely N-dealkylation sites (tertiary alicyclic amines) is 1. The number of urea groups is 1. The molecule has 0 unspecified atom stereocenters. The number of amides is 2. The van der Waals surface area contributed by atoms with Crippen LogP contribution in [0.4, 0.5) is 4.79 Å². The first-order chi connectivity index (χ1) is 15.8. The first kappa shape index (κ1) is 19.9. The molecule has 0 bridgehead atoms. The van der Waals surface area contributed by atoms with Crippen LogP contribution in [0, 0.1) is 5.92 Å². The second kappa shape index (κ2) is 8.32. The van der Waals surface area contributed by atoms with E-state index in [1.54, 1.807) is 0 Å². The molecule has 32 heavy (non-hydrogen) atoms. The van der Waals surface area contributed by atoms with E-state index in [0.717, 1.165) is 56.8 Å². The highest BCUT2D eigenvalue weighted by atomic mass is 16.7. The molecule has 3 atom stereocenters. The Kier molecular flexibility index (Phi) is 5.18. The number of ether oxygens (including phenoxy) is 2. The minimum absolute atomic E-state index is 0.0954. The van der Waals surface area contributed by atoms with E-state index < -0.39 is 0 Å². The summed E-state index contributed by atoms with van der Waals surface area (Å²) in [6.07, 6.45) is 5.20. The lowest BCUT2D eigenvalue weighted by Crippen LogP contribution is -2.59. The van der Waals surface area contributed by atoms with Crippen molar-refractivity contribution in [1.82, 2.24) is 15.1 Å². The van der Waals surface area contributed by atoms with Gasteiger partial charge in [0, 0.05) is 43.8 Å². The van der Waals surface area contributed by atoms with Crippen molar-refractivity contribution in [3.63, 3.8) is 0 Å². The van der Waals surface area contributed by atoms with Crippen LogP contribution in [0.3, 0.4) is 0 Å². The maximum absolute atomic E-state index is 13.2. The molecule has 2 aromatic carbocycles. The largest absolute Gasteiger partial charge is 0.454 e. The van der Waals surface area contributed by atoms with E-state index in [4.69, 9.17) is 9.47 Å². The molecule has 0 radical (unpaired) electrons. The number of fused-ring (bicyclic) bond motifs is 6. The number of carbonyl (C=O) groups is 1. The van der Waals surface area contributed by atoms with Gasteiger partial charge in [0.1, 0.15) is 0 Å². The molecule has 2 aromatic rings. The third-order valence-corrected chi connectivity index (χ3v) is 7.76. The molecule has 2 saturated heterocycles. The van der Waals surface area contributed by atoms with Crippen LogP contribution in [-0.2, 0) is 12.8 Å². The van der Waals surface area contributed by atoms with Gasteiger partial charge in [0.2, 0.25) is 6.79 Å². The fourth-order valence-corrected chi connectivity index (χ4v) is 6.22. The molecule has 4 heterocycles. The summed E-state index contributed by atoms with van der Waals surface area (Å²) in [6, 6.07) is 15.3. The Labute approximate surface area is 189 Å². The van der Waals surface area contributed by atoms with Crippen molar-refractivity contribution in [2.75, 3.05) is 33.0 Å². The fraction of sp³-hybridized carbons (Fsp3) is 0.500. The molecule has 1 N–H and O–H groups in total. The van der Waals surface area contributed by atoms with Crippen LogP contribution in [0.2, 0.25) is 0 Å². The number of nitrogens with zero attached hydrogens (tertiary/aromatic N) is 2. The Morgan fingerprint density at radius 1 is 1.09 bits per heavy atom. The van der Waals surface area contributed by atoms with Crippen molar-refractivity contribution < 1.29 is 14.3 Å². The van der Waals surface area contributed by atoms with Gasteiger partial charge in [-0.2, -0.15) is 0 Å². The van der Waals surface area contributed by atoms with Gasteiger partial charge in [-0.1, -0.05) is 36.4 Å². The number of piperidine rings is 2. The molecule has 4 aliphatic heterocycles. The topological polar surface area (TPSA) is 54.0 Å². The van der Waals surface area contributed by atoms with E-state index >= 15 is 0 Å². The molecule has 0 aliphatic carbocycles. The van der Waals surface area contributed by atoms with Gasteiger partial charge >= 0.3 is 6.03 Å². The summed E-state index contributed by atoms with van der Waals surface area (Å²) in [4.78, 5) is 18.0. The zero-order valence-electron chi connectivity index (χ0n) is 18.5. The molecule has 2 amide bonds. The van der Waals surface area contributed by atoms with Gasteiger partial charge in [-0.15, -0.1) is 0 Å². The molecular weight excluding hydrogens is 402 g/mol. The average molecular weight is 434 g/mol. The minimum Gasteiger partial charge on any atom is -0.454 e. The molecule has 6 heteroatoms. The van der Waals surface area contributed by atoms with Crippen molar-refractivity contribution in [1.29, 1.82) is 0 Å². The van der Waals surface area contributed by atoms with Crippen LogP contribution in [0.15, 0.2) is 42.5 Å². The first-order valence-corrected chi connectivity index (χ1v) is 12.0. The predicted octanol–water partition coefficient (Wildman–Crippen LogP) is 3.75. The summed E-state index contributed by atoms with van der Waals surface area (Å²) < 4.78 is 11.6. The average Bonchev–Trinajstić information content (AvgIpc) is 3.32. The predicted molar refractivity (Wildman–Crippen MR) is 122 cm³/mol. The van der Waals surface area contributed by atoms with Gasteiger partial charge in [-0.05, 0) is 55.2 Å². The van der Waals surface area contributed by atoms with Crippen LogP contribution in [0.25, 0.3) is 0 Å². The van der Waals surface area contributed by atoms with Crippen LogP contribution < -0.4 is 14.8 Å². The Bertz CT molecular complexity index is 995. The summed E-state index contributed by atoms with van der Waals surface area (Å²) in [5.74, 6) is 2.35. The molecule has 0 saturated carbocycles. The van der Waals surface area contributed by atoms with E-state index in [1.165, 1.54) is 23.1 Å². The number of benzene rings is 2. The minimum atomic E-state index is 0.0954. The van der Waals surface area contributed by atoms with Crippen molar-refractivity contribution in [3.05, 3.63) is 59.2 Å². The monoisotopic (exact) mass is 433 g/mol. The van der Waals surface area contributed by atoms with Crippen LogP contribution in [0.1, 0.15) is 42.0 Å². The zero-order chi connectivity index (χ0) is 21.5. The van der Waals surface area contributed by atoms with Crippen molar-refractivity contribution >= 4 is 6.03 Å². The molecule has 2 fully saturated rings. The SMILES string of the molecule is O=C(NCCc1ccccc1)N1CCC[C@@H]2CN3CCc4ccc5c(c4[C@@H]3C[C@@H]21)OCO5.